The molecule has 0 unspecified atom stereocenters. The molecule has 0 aliphatic heterocycles. The van der Waals surface area contributed by atoms with Gasteiger partial charge in [0.25, 0.3) is 0 Å². The van der Waals surface area contributed by atoms with Gasteiger partial charge in [-0.2, -0.15) is 43.9 Å². The van der Waals surface area contributed by atoms with Crippen molar-refractivity contribution < 1.29 is 191 Å². The van der Waals surface area contributed by atoms with Gasteiger partial charge in [0.15, 0.2) is 63.3 Å². The van der Waals surface area contributed by atoms with Gasteiger partial charge in [-0.25, -0.2) is 15.0 Å². The van der Waals surface area contributed by atoms with E-state index >= 15 is 0 Å². The average molecular weight is 1760 g/mol. The van der Waals surface area contributed by atoms with Crippen molar-refractivity contribution in [3.63, 3.8) is 0 Å². The number of aryl methyl sites for hydroxylation is 2. The number of alkyl halides is 14. The van der Waals surface area contributed by atoms with Crippen molar-refractivity contribution in [2.24, 2.45) is 5.73 Å². The van der Waals surface area contributed by atoms with E-state index in [-0.39, 0.29) is 188 Å². The van der Waals surface area contributed by atoms with Crippen LogP contribution in [0.3, 0.4) is 0 Å². The van der Waals surface area contributed by atoms with Gasteiger partial charge in [-0.05, 0) is 181 Å². The molecule has 3 N–H and O–H groups in total. The molecule has 0 spiro atoms. The molecule has 3 aromatic heterocycles. The van der Waals surface area contributed by atoms with Crippen LogP contribution in [0.1, 0.15) is 135 Å². The Morgan fingerprint density at radius 3 is 1.02 bits per heavy atom. The molecule has 0 radical (unpaired) electrons. The largest absolute Gasteiger partial charge is 1.00 e. The smallest absolute Gasteiger partial charge is 0.550 e. The number of aromatic nitrogens is 3. The standard InChI is InChI=1S/C15H17F2NO3.C14H14ClF2NO3.C14H15F2NO4.C11H13F2NO3.C11H12F2O3.C7H8.C3H4Cl2O.C2H4O2.CH3F.CH4.K/c1-4-11-8-19-14(18-11)10-5-6-12(21-15(16)17)13(7-10)20-9(2)3;1-8(2)20-12-5-9(3-4-11(12)21-14(16)17)13-18-10(6-15)7-19-13;1-8(2)20-12-5-9(3-4-11(12)21-14(15)16)13-17-10(6-18)7-19-13;1-6(2)16-9-5-7(10(14)15)3-4-8(9)17-11(12)13;1-7(2)15-10-5-8(6-14)3-4-9(10)16-11(12)13;1-7-5-3-2-4-6-7;4-1-3(6)2-5;1-2(3)4;1-2;;/h5-9,15H,4H2,1-3H3;3-5,7-8,14H,6H2,1-2H3;3-5,7-8,14,18H,6H2,1-2H3;3-6,11H,1-2H3,(H2,14,15);3-7,11H,1-2H3;2-6H,1H3;1-2H2;1H3,(H,3,4);1H3;1H4;/q;;;;;;;;;;+1/p-1/i;;;;;;;;1D;;. The van der Waals surface area contributed by atoms with Gasteiger partial charge < -0.3 is 81.4 Å². The first kappa shape index (κ1) is 108. The van der Waals surface area contributed by atoms with E-state index in [9.17, 15) is 62.7 Å². The molecule has 9 aromatic rings. The molecule has 0 aliphatic rings. The molecule has 642 valence electrons. The molecule has 117 heavy (non-hydrogen) atoms. The first-order chi connectivity index (χ1) is 54.7. The number of hydrogen-bond acceptors (Lipinski definition) is 22. The summed E-state index contributed by atoms with van der Waals surface area (Å²) < 4.78 is 203. The van der Waals surface area contributed by atoms with Crippen molar-refractivity contribution >= 4 is 58.7 Å². The molecule has 0 saturated heterocycles. The number of carboxylic acids is 1. The van der Waals surface area contributed by atoms with E-state index in [1.165, 1.54) is 84.8 Å². The van der Waals surface area contributed by atoms with Crippen LogP contribution in [-0.4, -0.2) is 126 Å². The molecule has 0 fully saturated rings. The Morgan fingerprint density at radius 1 is 0.487 bits per heavy atom. The zero-order valence-corrected chi connectivity index (χ0v) is 70.8. The van der Waals surface area contributed by atoms with Gasteiger partial charge in [0.05, 0.1) is 74.7 Å². The second kappa shape index (κ2) is 60.4. The molecule has 0 bridgehead atoms. The van der Waals surface area contributed by atoms with Gasteiger partial charge in [-0.1, -0.05) is 50.2 Å². The van der Waals surface area contributed by atoms with Crippen LogP contribution >= 0.6 is 34.8 Å². The number of ketones is 1. The SMILES string of the molecule is C.CC(=O)[O-].CC(C)Oc1cc(-c2nc(CCl)co2)ccc1OC(F)F.CC(C)Oc1cc(-c2nc(CO)co2)ccc1OC(F)F.CC(C)Oc1cc(C(N)=O)ccc1OC(F)F.CC(C)Oc1cc(C=O)ccc1OC(F)F.CCc1coc(-c2ccc(OC(F)F)c(OC(C)C)c2)n1.Cc1ccccc1.O=C(CCl)CCl.[2H]CF.[K+]. The van der Waals surface area contributed by atoms with E-state index in [1.54, 1.807) is 99.8 Å². The molecule has 6 aromatic carbocycles. The Morgan fingerprint density at radius 2 is 0.778 bits per heavy atom. The molecule has 9 rings (SSSR count). The van der Waals surface area contributed by atoms with Crippen molar-refractivity contribution in [3.8, 4) is 91.9 Å². The molecule has 0 aliphatic carbocycles. The number of amides is 1. The maximum Gasteiger partial charge on any atom is 1.00 e. The fraction of sp³-hybridized carbons (Fsp3) is 0.380. The third kappa shape index (κ3) is 46.6. The molecular weight excluding hydrogens is 1660 g/mol. The Hall–Kier alpha value is -9.07. The number of benzene rings is 6. The van der Waals surface area contributed by atoms with Crippen molar-refractivity contribution in [3.05, 3.63) is 174 Å². The monoisotopic (exact) mass is 1760 g/mol. The Balaban J connectivity index is 0. The summed E-state index contributed by atoms with van der Waals surface area (Å²) in [6.45, 7) is 7.82. The van der Waals surface area contributed by atoms with Gasteiger partial charge in [0.2, 0.25) is 23.6 Å². The number of halogens is 14. The fourth-order valence-corrected chi connectivity index (χ4v) is 8.47. The Kier molecular flexibility index (Phi) is 55.7. The number of carbonyl (C=O) groups is 4. The summed E-state index contributed by atoms with van der Waals surface area (Å²) in [5, 5.41) is 17.9. The number of ether oxygens (including phenoxy) is 10. The van der Waals surface area contributed by atoms with Gasteiger partial charge in [0, 0.05) is 33.8 Å². The van der Waals surface area contributed by atoms with E-state index in [4.69, 9.17) is 93.9 Å². The minimum Gasteiger partial charge on any atom is -0.550 e. The van der Waals surface area contributed by atoms with Crippen LogP contribution in [0.2, 0.25) is 0 Å². The predicted octanol–water partition coefficient (Wildman–Crippen LogP) is 17.1. The second-order valence-electron chi connectivity index (χ2n) is 23.6. The molecular formula is C79H93Cl3F11KN4O19. The number of oxazole rings is 3. The van der Waals surface area contributed by atoms with Gasteiger partial charge in [-0.3, -0.25) is 18.8 Å². The molecule has 38 heteroatoms. The summed E-state index contributed by atoms with van der Waals surface area (Å²) in [5.41, 5.74) is 10.5. The van der Waals surface area contributed by atoms with E-state index in [2.05, 4.69) is 57.7 Å². The Bertz CT molecular complexity index is 4030. The summed E-state index contributed by atoms with van der Waals surface area (Å²) in [5.74, 6) is -0.0572. The van der Waals surface area contributed by atoms with Crippen LogP contribution in [0.15, 0.2) is 153 Å². The van der Waals surface area contributed by atoms with Crippen molar-refractivity contribution in [2.75, 3.05) is 18.9 Å². The minimum absolute atomic E-state index is 0. The molecule has 23 nitrogen and oxygen atoms in total. The number of rotatable bonds is 30. The first-order valence-electron chi connectivity index (χ1n) is 34.7. The fourth-order valence-electron chi connectivity index (χ4n) is 8.06. The van der Waals surface area contributed by atoms with E-state index in [0.717, 1.165) is 19.0 Å². The van der Waals surface area contributed by atoms with E-state index < -0.39 is 52.1 Å². The van der Waals surface area contributed by atoms with Gasteiger partial charge in [0.1, 0.15) is 30.8 Å². The third-order valence-corrected chi connectivity index (χ3v) is 13.2. The van der Waals surface area contributed by atoms with Crippen molar-refractivity contribution in [1.29, 1.82) is 0 Å². The Labute approximate surface area is 729 Å². The maximum absolute atomic E-state index is 12.4. The van der Waals surface area contributed by atoms with Gasteiger partial charge in [-0.15, -0.1) is 34.8 Å². The van der Waals surface area contributed by atoms with Crippen molar-refractivity contribution in [2.45, 2.75) is 180 Å². The number of hydrogen-bond donors (Lipinski definition) is 2. The van der Waals surface area contributed by atoms with E-state index in [1.807, 2.05) is 25.1 Å². The minimum atomic E-state index is -2.95. The van der Waals surface area contributed by atoms with Crippen LogP contribution in [0.4, 0.5) is 48.3 Å². The number of Topliss-reactive ketones (excluding diaryl/α,β-unsaturated/α-hetero) is 1. The normalized spacial score (nSPS) is 10.4. The topological polar surface area (TPSA) is 308 Å². The molecule has 0 saturated carbocycles. The molecule has 0 atom stereocenters. The van der Waals surface area contributed by atoms with Crippen LogP contribution < -0.4 is 110 Å². The zero-order valence-electron chi connectivity index (χ0n) is 66.4. The number of nitrogens with zero attached hydrogens (tertiary/aromatic N) is 3. The number of aliphatic hydroxyl groups excluding tert-OH is 1. The zero-order chi connectivity index (χ0) is 87.7. The van der Waals surface area contributed by atoms with Crippen LogP contribution in [0.25, 0.3) is 34.4 Å². The first-order valence-corrected chi connectivity index (χ1v) is 35.6. The number of carboxylic acid groups (broad SMARTS) is 1. The number of aliphatic hydroxyl groups is 1. The third-order valence-electron chi connectivity index (χ3n) is 12.4. The summed E-state index contributed by atoms with van der Waals surface area (Å²) in [4.78, 5) is 52.8. The number of carbonyl (C=O) groups excluding carboxylic acids is 4. The number of nitrogens with two attached hydrogens (primary N) is 1. The van der Waals surface area contributed by atoms with Crippen LogP contribution in [0.5, 0.6) is 57.5 Å². The molecule has 3 heterocycles. The summed E-state index contributed by atoms with van der Waals surface area (Å²) in [6, 6.07) is 31.6. The van der Waals surface area contributed by atoms with Gasteiger partial charge >= 0.3 is 84.4 Å². The number of aldehydes is 1. The quantitative estimate of drug-likeness (QED) is 0.0183. The maximum atomic E-state index is 12.4. The average Bonchev–Trinajstić information content (AvgIpc) is 1.60. The number of primary amides is 1. The summed E-state index contributed by atoms with van der Waals surface area (Å²) in [7, 11) is -1.00. The molecule has 1 amide bonds. The van der Waals surface area contributed by atoms with Crippen LogP contribution in [0, 0.1) is 6.92 Å². The predicted molar refractivity (Wildman–Crippen MR) is 412 cm³/mol. The summed E-state index contributed by atoms with van der Waals surface area (Å²) in [6.07, 6.45) is 4.70. The van der Waals surface area contributed by atoms with Crippen LogP contribution in [-0.2, 0) is 28.5 Å². The summed E-state index contributed by atoms with van der Waals surface area (Å²) >= 11 is 15.7. The number of aliphatic carboxylic acids is 1. The van der Waals surface area contributed by atoms with E-state index in [0.29, 0.717) is 51.7 Å². The second-order valence-corrected chi connectivity index (χ2v) is 24.4. The van der Waals surface area contributed by atoms with Crippen molar-refractivity contribution in [1.82, 2.24) is 15.0 Å².